The minimum Gasteiger partial charge on any atom is -0.490 e. The number of amides is 1. The van der Waals surface area contributed by atoms with Gasteiger partial charge in [-0.3, -0.25) is 0 Å². The molecule has 0 heterocycles. The molecule has 116 valence electrons. The highest BCUT2D eigenvalue weighted by Gasteiger charge is 2.34. The predicted octanol–water partition coefficient (Wildman–Crippen LogP) is 2.90. The molecule has 2 rings (SSSR count). The minimum absolute atomic E-state index is 0.0563. The number of hydrogen-bond acceptors (Lipinski definition) is 3. The first-order valence-electron chi connectivity index (χ1n) is 5.94. The molecule has 0 radical (unpaired) electrons. The SMILES string of the molecule is O=C(O)N[C@H]1C[C@H](Oc2ccc(OC(F)(F)F)c(F)c2)C1. The van der Waals surface area contributed by atoms with Gasteiger partial charge in [0.05, 0.1) is 0 Å². The molecule has 1 aliphatic rings. The molecule has 0 spiro atoms. The van der Waals surface area contributed by atoms with Gasteiger partial charge in [0.2, 0.25) is 0 Å². The molecule has 0 atom stereocenters. The van der Waals surface area contributed by atoms with Crippen molar-refractivity contribution < 1.29 is 36.9 Å². The zero-order valence-electron chi connectivity index (χ0n) is 10.5. The topological polar surface area (TPSA) is 67.8 Å². The van der Waals surface area contributed by atoms with E-state index >= 15 is 0 Å². The van der Waals surface area contributed by atoms with Crippen LogP contribution in [0.25, 0.3) is 0 Å². The van der Waals surface area contributed by atoms with Crippen LogP contribution in [0.3, 0.4) is 0 Å². The molecular weight excluding hydrogens is 298 g/mol. The molecule has 1 saturated carbocycles. The van der Waals surface area contributed by atoms with E-state index in [4.69, 9.17) is 9.84 Å². The van der Waals surface area contributed by atoms with Crippen LogP contribution in [-0.2, 0) is 0 Å². The summed E-state index contributed by atoms with van der Waals surface area (Å²) in [6.07, 6.45) is -5.59. The average molecular weight is 309 g/mol. The van der Waals surface area contributed by atoms with E-state index in [-0.39, 0.29) is 17.9 Å². The van der Waals surface area contributed by atoms with Crippen LogP contribution in [0.1, 0.15) is 12.8 Å². The number of halogens is 4. The molecule has 0 aromatic heterocycles. The van der Waals surface area contributed by atoms with Gasteiger partial charge in [0.25, 0.3) is 0 Å². The van der Waals surface area contributed by atoms with Crippen molar-refractivity contribution >= 4 is 6.09 Å². The Morgan fingerprint density at radius 3 is 2.52 bits per heavy atom. The molecule has 1 fully saturated rings. The van der Waals surface area contributed by atoms with Crippen LogP contribution in [-0.4, -0.2) is 29.7 Å². The normalized spacial score (nSPS) is 21.3. The number of rotatable bonds is 4. The van der Waals surface area contributed by atoms with E-state index in [1.165, 1.54) is 0 Å². The highest BCUT2D eigenvalue weighted by molar-refractivity contribution is 5.65. The Balaban J connectivity index is 1.88. The Hall–Kier alpha value is -2.19. The number of hydrogen-bond donors (Lipinski definition) is 2. The van der Waals surface area contributed by atoms with E-state index in [0.29, 0.717) is 12.8 Å². The van der Waals surface area contributed by atoms with Gasteiger partial charge in [0, 0.05) is 24.9 Å². The smallest absolute Gasteiger partial charge is 0.490 e. The summed E-state index contributed by atoms with van der Waals surface area (Å²) >= 11 is 0. The fourth-order valence-corrected chi connectivity index (χ4v) is 1.91. The van der Waals surface area contributed by atoms with Gasteiger partial charge in [-0.1, -0.05) is 0 Å². The third-order valence-electron chi connectivity index (χ3n) is 2.85. The zero-order valence-corrected chi connectivity index (χ0v) is 10.5. The summed E-state index contributed by atoms with van der Waals surface area (Å²) in [4.78, 5) is 10.4. The monoisotopic (exact) mass is 309 g/mol. The largest absolute Gasteiger partial charge is 0.573 e. The van der Waals surface area contributed by atoms with Gasteiger partial charge in [-0.25, -0.2) is 9.18 Å². The van der Waals surface area contributed by atoms with Gasteiger partial charge in [-0.05, 0) is 12.1 Å². The van der Waals surface area contributed by atoms with Crippen LogP contribution < -0.4 is 14.8 Å². The molecular formula is C12H11F4NO4. The third-order valence-corrected chi connectivity index (χ3v) is 2.85. The van der Waals surface area contributed by atoms with Crippen LogP contribution in [0.4, 0.5) is 22.4 Å². The summed E-state index contributed by atoms with van der Waals surface area (Å²) in [6, 6.07) is 2.54. The Morgan fingerprint density at radius 2 is 2.00 bits per heavy atom. The molecule has 21 heavy (non-hydrogen) atoms. The Kier molecular flexibility index (Phi) is 4.10. The summed E-state index contributed by atoms with van der Waals surface area (Å²) in [5.41, 5.74) is 0. The first-order valence-corrected chi connectivity index (χ1v) is 5.94. The Labute approximate surface area is 116 Å². The van der Waals surface area contributed by atoms with Crippen molar-refractivity contribution in [1.29, 1.82) is 0 Å². The van der Waals surface area contributed by atoms with E-state index in [1.54, 1.807) is 0 Å². The van der Waals surface area contributed by atoms with Crippen molar-refractivity contribution in [1.82, 2.24) is 5.32 Å². The second kappa shape index (κ2) is 5.66. The number of carboxylic acid groups (broad SMARTS) is 1. The van der Waals surface area contributed by atoms with Crippen molar-refractivity contribution in [2.45, 2.75) is 31.3 Å². The minimum atomic E-state index is -4.97. The Bertz CT molecular complexity index is 528. The summed E-state index contributed by atoms with van der Waals surface area (Å²) < 4.78 is 58.1. The molecule has 9 heteroatoms. The molecule has 0 aliphatic heterocycles. The number of nitrogens with one attached hydrogen (secondary N) is 1. The number of ether oxygens (including phenoxy) is 2. The molecule has 1 amide bonds. The van der Waals surface area contributed by atoms with Crippen molar-refractivity contribution in [3.8, 4) is 11.5 Å². The van der Waals surface area contributed by atoms with Crippen LogP contribution in [0, 0.1) is 5.82 Å². The van der Waals surface area contributed by atoms with E-state index in [0.717, 1.165) is 18.2 Å². The van der Waals surface area contributed by atoms with E-state index < -0.39 is 24.0 Å². The van der Waals surface area contributed by atoms with Gasteiger partial charge in [0.1, 0.15) is 11.9 Å². The lowest BCUT2D eigenvalue weighted by atomic mass is 9.89. The van der Waals surface area contributed by atoms with E-state index in [2.05, 4.69) is 10.1 Å². The molecule has 1 aromatic carbocycles. The van der Waals surface area contributed by atoms with Gasteiger partial charge in [-0.2, -0.15) is 0 Å². The summed E-state index contributed by atoms with van der Waals surface area (Å²) in [5, 5.41) is 10.7. The first kappa shape index (κ1) is 15.2. The van der Waals surface area contributed by atoms with Crippen molar-refractivity contribution in [2.75, 3.05) is 0 Å². The number of alkyl halides is 3. The molecule has 5 nitrogen and oxygen atoms in total. The summed E-state index contributed by atoms with van der Waals surface area (Å²) in [7, 11) is 0. The van der Waals surface area contributed by atoms with Gasteiger partial charge in [0.15, 0.2) is 11.6 Å². The molecule has 1 aromatic rings. The molecule has 1 aliphatic carbocycles. The van der Waals surface area contributed by atoms with Gasteiger partial charge < -0.3 is 19.9 Å². The Morgan fingerprint density at radius 1 is 1.33 bits per heavy atom. The second-order valence-corrected chi connectivity index (χ2v) is 4.50. The number of benzene rings is 1. The van der Waals surface area contributed by atoms with Gasteiger partial charge >= 0.3 is 12.5 Å². The van der Waals surface area contributed by atoms with Crippen LogP contribution in [0.2, 0.25) is 0 Å². The maximum absolute atomic E-state index is 13.4. The van der Waals surface area contributed by atoms with Crippen LogP contribution in [0.5, 0.6) is 11.5 Å². The molecule has 0 bridgehead atoms. The average Bonchev–Trinajstić information content (AvgIpc) is 2.27. The fourth-order valence-electron chi connectivity index (χ4n) is 1.91. The molecule has 2 N–H and O–H groups in total. The van der Waals surface area contributed by atoms with Crippen LogP contribution >= 0.6 is 0 Å². The van der Waals surface area contributed by atoms with Crippen molar-refractivity contribution in [3.63, 3.8) is 0 Å². The fraction of sp³-hybridized carbons (Fsp3) is 0.417. The van der Waals surface area contributed by atoms with E-state index in [9.17, 15) is 22.4 Å². The second-order valence-electron chi connectivity index (χ2n) is 4.50. The standard InChI is InChI=1S/C12H11F4NO4/c13-9-5-7(1-2-10(9)21-12(14,15)16)20-8-3-6(4-8)17-11(18)19/h1-2,5-6,8,17H,3-4H2,(H,18,19)/t6-,8-. The summed E-state index contributed by atoms with van der Waals surface area (Å²) in [6.45, 7) is 0. The van der Waals surface area contributed by atoms with Crippen LogP contribution in [0.15, 0.2) is 18.2 Å². The highest BCUT2D eigenvalue weighted by atomic mass is 19.4. The van der Waals surface area contributed by atoms with E-state index in [1.807, 2.05) is 0 Å². The lowest BCUT2D eigenvalue weighted by molar-refractivity contribution is -0.275. The maximum atomic E-state index is 13.4. The van der Waals surface area contributed by atoms with Crippen molar-refractivity contribution in [2.24, 2.45) is 0 Å². The lowest BCUT2D eigenvalue weighted by Gasteiger charge is -2.35. The maximum Gasteiger partial charge on any atom is 0.573 e. The van der Waals surface area contributed by atoms with Gasteiger partial charge in [-0.15, -0.1) is 13.2 Å². The lowest BCUT2D eigenvalue weighted by Crippen LogP contribution is -2.48. The molecule has 0 unspecified atom stereocenters. The highest BCUT2D eigenvalue weighted by Crippen LogP contribution is 2.31. The van der Waals surface area contributed by atoms with Crippen molar-refractivity contribution in [3.05, 3.63) is 24.0 Å². The number of carbonyl (C=O) groups is 1. The quantitative estimate of drug-likeness (QED) is 0.839. The predicted molar refractivity (Wildman–Crippen MR) is 61.7 cm³/mol. The first-order chi connectivity index (χ1) is 9.73. The summed E-state index contributed by atoms with van der Waals surface area (Å²) in [5.74, 6) is -2.07. The zero-order chi connectivity index (χ0) is 15.6. The third kappa shape index (κ3) is 4.40. The molecule has 0 saturated heterocycles.